The lowest BCUT2D eigenvalue weighted by Gasteiger charge is -2.12. The van der Waals surface area contributed by atoms with Gasteiger partial charge >= 0.3 is 6.18 Å². The third-order valence-electron chi connectivity index (χ3n) is 6.00. The Kier molecular flexibility index (Phi) is 7.66. The largest absolute Gasteiger partial charge is 0.488 e. The van der Waals surface area contributed by atoms with E-state index in [9.17, 15) is 28.1 Å². The van der Waals surface area contributed by atoms with Gasteiger partial charge in [0.25, 0.3) is 11.2 Å². The second-order valence-electron chi connectivity index (χ2n) is 8.80. The first-order chi connectivity index (χ1) is 19.6. The molecule has 206 valence electrons. The smallest absolute Gasteiger partial charge is 0.416 e. The third-order valence-corrected chi connectivity index (χ3v) is 6.62. The first kappa shape index (κ1) is 27.7. The van der Waals surface area contributed by atoms with Crippen molar-refractivity contribution in [3.63, 3.8) is 0 Å². The fourth-order valence-corrected chi connectivity index (χ4v) is 4.52. The fourth-order valence-electron chi connectivity index (χ4n) is 4.01. The molecule has 4 aromatic carbocycles. The Bertz CT molecular complexity index is 1870. The van der Waals surface area contributed by atoms with Gasteiger partial charge in [0.2, 0.25) is 0 Å². The van der Waals surface area contributed by atoms with E-state index in [-0.39, 0.29) is 29.1 Å². The number of alkyl halides is 3. The van der Waals surface area contributed by atoms with Gasteiger partial charge < -0.3 is 4.74 Å². The molecular weight excluding hydrogens is 605 g/mol. The van der Waals surface area contributed by atoms with Crippen LogP contribution in [0.25, 0.3) is 22.3 Å². The second kappa shape index (κ2) is 11.3. The molecule has 0 aliphatic carbocycles. The average Bonchev–Trinajstić information content (AvgIpc) is 2.96. The van der Waals surface area contributed by atoms with E-state index in [1.807, 2.05) is 0 Å². The highest BCUT2D eigenvalue weighted by Gasteiger charge is 2.31. The fraction of sp³-hybridized carbons (Fsp3) is 0.0690. The Balaban J connectivity index is 1.47. The van der Waals surface area contributed by atoms with Crippen LogP contribution in [-0.4, -0.2) is 20.8 Å². The number of benzene rings is 4. The molecule has 0 radical (unpaired) electrons. The van der Waals surface area contributed by atoms with Gasteiger partial charge in [0.1, 0.15) is 12.4 Å². The van der Waals surface area contributed by atoms with Crippen molar-refractivity contribution in [2.75, 3.05) is 0 Å². The van der Waals surface area contributed by atoms with E-state index in [4.69, 9.17) is 4.74 Å². The van der Waals surface area contributed by atoms with Gasteiger partial charge in [-0.2, -0.15) is 22.9 Å². The molecule has 41 heavy (non-hydrogen) atoms. The van der Waals surface area contributed by atoms with E-state index in [0.717, 1.165) is 16.8 Å². The molecule has 0 spiro atoms. The number of ether oxygens (including phenoxy) is 1. The van der Waals surface area contributed by atoms with Gasteiger partial charge in [-0.1, -0.05) is 36.4 Å². The molecule has 0 fully saturated rings. The van der Waals surface area contributed by atoms with E-state index in [0.29, 0.717) is 26.9 Å². The molecule has 5 aromatic rings. The maximum Gasteiger partial charge on any atom is 0.416 e. The maximum absolute atomic E-state index is 13.4. The van der Waals surface area contributed by atoms with Gasteiger partial charge in [-0.25, -0.2) is 4.98 Å². The van der Waals surface area contributed by atoms with Crippen molar-refractivity contribution in [2.24, 2.45) is 5.10 Å². The van der Waals surface area contributed by atoms with Crippen molar-refractivity contribution in [2.45, 2.75) is 12.8 Å². The van der Waals surface area contributed by atoms with E-state index in [1.54, 1.807) is 54.6 Å². The number of nitro groups is 1. The van der Waals surface area contributed by atoms with Crippen molar-refractivity contribution in [1.82, 2.24) is 9.66 Å². The maximum atomic E-state index is 13.4. The molecular formula is C29H18BrF3N4O4. The molecule has 0 unspecified atom stereocenters. The Morgan fingerprint density at radius 1 is 1.00 bits per heavy atom. The molecule has 12 heteroatoms. The van der Waals surface area contributed by atoms with Crippen LogP contribution in [0.1, 0.15) is 16.7 Å². The van der Waals surface area contributed by atoms with Crippen LogP contribution in [0.4, 0.5) is 18.9 Å². The summed E-state index contributed by atoms with van der Waals surface area (Å²) in [5.41, 5.74) is 0.0966. The minimum atomic E-state index is -4.58. The van der Waals surface area contributed by atoms with Gasteiger partial charge in [-0.3, -0.25) is 14.9 Å². The highest BCUT2D eigenvalue weighted by molar-refractivity contribution is 9.10. The molecule has 0 saturated carbocycles. The quantitative estimate of drug-likeness (QED) is 0.108. The van der Waals surface area contributed by atoms with Gasteiger partial charge in [-0.15, -0.1) is 0 Å². The van der Waals surface area contributed by atoms with E-state index in [2.05, 4.69) is 26.0 Å². The average molecular weight is 623 g/mol. The molecule has 8 nitrogen and oxygen atoms in total. The lowest BCUT2D eigenvalue weighted by Crippen LogP contribution is -2.20. The normalized spacial score (nSPS) is 11.7. The third kappa shape index (κ3) is 6.17. The zero-order chi connectivity index (χ0) is 29.1. The molecule has 0 atom stereocenters. The molecule has 0 N–H and O–H groups in total. The topological polar surface area (TPSA) is 99.6 Å². The van der Waals surface area contributed by atoms with Crippen molar-refractivity contribution in [1.29, 1.82) is 0 Å². The highest BCUT2D eigenvalue weighted by atomic mass is 79.9. The molecule has 0 amide bonds. The van der Waals surface area contributed by atoms with E-state index < -0.39 is 22.2 Å². The number of non-ortho nitro benzene ring substituents is 1. The van der Waals surface area contributed by atoms with Crippen molar-refractivity contribution in [3.8, 4) is 17.1 Å². The number of hydrogen-bond acceptors (Lipinski definition) is 6. The van der Waals surface area contributed by atoms with E-state index >= 15 is 0 Å². The Morgan fingerprint density at radius 3 is 2.54 bits per heavy atom. The number of halogens is 4. The highest BCUT2D eigenvalue weighted by Crippen LogP contribution is 2.32. The number of nitro benzene ring substituents is 1. The van der Waals surface area contributed by atoms with E-state index in [1.165, 1.54) is 30.5 Å². The lowest BCUT2D eigenvalue weighted by atomic mass is 10.1. The molecule has 0 aliphatic heterocycles. The molecule has 1 heterocycles. The predicted molar refractivity (Wildman–Crippen MR) is 151 cm³/mol. The van der Waals surface area contributed by atoms with Crippen LogP contribution >= 0.6 is 15.9 Å². The Morgan fingerprint density at radius 2 is 1.78 bits per heavy atom. The van der Waals surface area contributed by atoms with Crippen LogP contribution in [0, 0.1) is 10.1 Å². The van der Waals surface area contributed by atoms with Crippen molar-refractivity contribution < 1.29 is 22.8 Å². The number of fused-ring (bicyclic) bond motifs is 1. The van der Waals surface area contributed by atoms with Crippen LogP contribution in [0.15, 0.2) is 105 Å². The van der Waals surface area contributed by atoms with Gasteiger partial charge in [0.15, 0.2) is 5.82 Å². The molecule has 0 bridgehead atoms. The Labute approximate surface area is 238 Å². The number of rotatable bonds is 7. The summed E-state index contributed by atoms with van der Waals surface area (Å²) in [6.07, 6.45) is -3.20. The number of nitrogens with zero attached hydrogens (tertiary/aromatic N) is 4. The summed E-state index contributed by atoms with van der Waals surface area (Å²) in [5.74, 6) is 0.412. The molecule has 0 aliphatic rings. The lowest BCUT2D eigenvalue weighted by molar-refractivity contribution is -0.384. The van der Waals surface area contributed by atoms with Crippen molar-refractivity contribution >= 4 is 38.7 Å². The minimum absolute atomic E-state index is 0.0420. The number of para-hydroxylation sites is 1. The van der Waals surface area contributed by atoms with Crippen LogP contribution in [0.5, 0.6) is 5.75 Å². The summed E-state index contributed by atoms with van der Waals surface area (Å²) in [7, 11) is 0. The van der Waals surface area contributed by atoms with Crippen molar-refractivity contribution in [3.05, 3.63) is 133 Å². The second-order valence-corrected chi connectivity index (χ2v) is 9.65. The standard InChI is InChI=1S/C29H18BrF3N4O4/c30-24-14-18(11-12-26(24)41-17-19-5-3-8-22(13-19)37(39)40)16-34-36-27(20-6-4-7-21(15-20)29(31,32)33)35-25-10-2-1-9-23(25)28(36)38/h1-16H,17H2. The molecule has 5 rings (SSSR count). The molecule has 1 aromatic heterocycles. The van der Waals surface area contributed by atoms with Gasteiger partial charge in [-0.05, 0) is 69.5 Å². The summed E-state index contributed by atoms with van der Waals surface area (Å²) >= 11 is 3.43. The zero-order valence-corrected chi connectivity index (χ0v) is 22.5. The van der Waals surface area contributed by atoms with Crippen LogP contribution in [-0.2, 0) is 12.8 Å². The van der Waals surface area contributed by atoms with Crippen LogP contribution in [0.3, 0.4) is 0 Å². The monoisotopic (exact) mass is 622 g/mol. The van der Waals surface area contributed by atoms with Gasteiger partial charge in [0.05, 0.1) is 32.1 Å². The summed E-state index contributed by atoms with van der Waals surface area (Å²) in [6.45, 7) is 0.0895. The summed E-state index contributed by atoms with van der Waals surface area (Å²) in [4.78, 5) is 28.3. The number of aromatic nitrogens is 2. The predicted octanol–water partition coefficient (Wildman–Crippen LogP) is 7.21. The molecule has 0 saturated heterocycles. The first-order valence-electron chi connectivity index (χ1n) is 12.0. The Hall–Kier alpha value is -4.84. The number of hydrogen-bond donors (Lipinski definition) is 0. The van der Waals surface area contributed by atoms with Crippen LogP contribution < -0.4 is 10.3 Å². The SMILES string of the molecule is O=c1c2ccccc2nc(-c2cccc(C(F)(F)F)c2)n1N=Cc1ccc(OCc2cccc([N+](=O)[O-])c2)c(Br)c1. The van der Waals surface area contributed by atoms with Gasteiger partial charge in [0, 0.05) is 17.7 Å². The first-order valence-corrected chi connectivity index (χ1v) is 12.8. The summed E-state index contributed by atoms with van der Waals surface area (Å²) in [5, 5.41) is 15.6. The summed E-state index contributed by atoms with van der Waals surface area (Å²) < 4.78 is 47.5. The summed E-state index contributed by atoms with van der Waals surface area (Å²) in [6, 6.07) is 22.1. The zero-order valence-electron chi connectivity index (χ0n) is 20.9. The van der Waals surface area contributed by atoms with Crippen LogP contribution in [0.2, 0.25) is 0 Å². The minimum Gasteiger partial charge on any atom is -0.488 e.